The monoisotopic (exact) mass is 444 g/mol. The molecule has 32 heavy (non-hydrogen) atoms. The van der Waals surface area contributed by atoms with Crippen LogP contribution in [0.1, 0.15) is 17.3 Å². The fraction of sp³-hybridized carbons (Fsp3) is 0.130. The van der Waals surface area contributed by atoms with E-state index < -0.39 is 0 Å². The fourth-order valence-corrected chi connectivity index (χ4v) is 3.78. The van der Waals surface area contributed by atoms with Gasteiger partial charge in [-0.25, -0.2) is 0 Å². The minimum absolute atomic E-state index is 0.0556. The minimum Gasteiger partial charge on any atom is -0.506 e. The summed E-state index contributed by atoms with van der Waals surface area (Å²) in [6.45, 7) is 1.47. The summed E-state index contributed by atoms with van der Waals surface area (Å²) < 4.78 is 4.38. The lowest BCUT2D eigenvalue weighted by molar-refractivity contribution is 0.101. The number of hydrogen-bond donors (Lipinski definition) is 1. The molecule has 0 bridgehead atoms. The Kier molecular flexibility index (Phi) is 6.00. The molecule has 0 fully saturated rings. The molecule has 4 rings (SSSR count). The van der Waals surface area contributed by atoms with Crippen LogP contribution in [0.2, 0.25) is 0 Å². The van der Waals surface area contributed by atoms with Gasteiger partial charge in [-0.15, -0.1) is 20.5 Å². The van der Waals surface area contributed by atoms with Crippen molar-refractivity contribution in [3.63, 3.8) is 0 Å². The predicted molar refractivity (Wildman–Crippen MR) is 127 cm³/mol. The average molecular weight is 445 g/mol. The van der Waals surface area contributed by atoms with Crippen molar-refractivity contribution >= 4 is 56.0 Å². The number of carbonyl (C=O) groups excluding carboxylic acids is 1. The van der Waals surface area contributed by atoms with Gasteiger partial charge in [0, 0.05) is 31.1 Å². The lowest BCUT2D eigenvalue weighted by Crippen LogP contribution is -2.08. The van der Waals surface area contributed by atoms with Crippen LogP contribution in [0, 0.1) is 0 Å². The molecule has 0 atom stereocenters. The number of carbonyl (C=O) groups is 1. The Balaban J connectivity index is 1.73. The Morgan fingerprint density at radius 2 is 1.59 bits per heavy atom. The van der Waals surface area contributed by atoms with E-state index in [1.54, 1.807) is 36.4 Å². The van der Waals surface area contributed by atoms with Gasteiger partial charge < -0.3 is 10.0 Å². The van der Waals surface area contributed by atoms with Gasteiger partial charge in [-0.05, 0) is 48.8 Å². The molecule has 0 unspecified atom stereocenters. The van der Waals surface area contributed by atoms with Crippen molar-refractivity contribution in [3.8, 4) is 5.75 Å². The SMILES string of the molecule is CC(=O)c1ccccc1N=Nc1cc(N=Nc2snc3ccccc23)c(N(C)C)cc1O. The summed E-state index contributed by atoms with van der Waals surface area (Å²) in [6.07, 6.45) is 0. The van der Waals surface area contributed by atoms with Crippen molar-refractivity contribution in [2.45, 2.75) is 6.92 Å². The highest BCUT2D eigenvalue weighted by atomic mass is 32.1. The third-order valence-corrected chi connectivity index (χ3v) is 5.48. The molecule has 160 valence electrons. The van der Waals surface area contributed by atoms with Crippen molar-refractivity contribution in [3.05, 3.63) is 66.2 Å². The minimum atomic E-state index is -0.113. The maximum atomic E-state index is 11.8. The third kappa shape index (κ3) is 4.37. The summed E-state index contributed by atoms with van der Waals surface area (Å²) in [5.41, 5.74) is 3.15. The van der Waals surface area contributed by atoms with E-state index in [2.05, 4.69) is 24.8 Å². The molecule has 8 nitrogen and oxygen atoms in total. The molecule has 1 aromatic heterocycles. The molecule has 0 aliphatic heterocycles. The highest BCUT2D eigenvalue weighted by Gasteiger charge is 2.13. The highest BCUT2D eigenvalue weighted by Crippen LogP contribution is 2.41. The van der Waals surface area contributed by atoms with Gasteiger partial charge in [-0.3, -0.25) is 4.79 Å². The number of fused-ring (bicyclic) bond motifs is 1. The number of anilines is 1. The van der Waals surface area contributed by atoms with Gasteiger partial charge in [0.2, 0.25) is 0 Å². The van der Waals surface area contributed by atoms with Gasteiger partial charge in [0.15, 0.2) is 10.8 Å². The number of benzene rings is 3. The molecule has 0 saturated carbocycles. The molecule has 0 radical (unpaired) electrons. The van der Waals surface area contributed by atoms with E-state index in [1.165, 1.54) is 18.5 Å². The second kappa shape index (κ2) is 9.03. The van der Waals surface area contributed by atoms with E-state index in [9.17, 15) is 9.90 Å². The van der Waals surface area contributed by atoms with Crippen molar-refractivity contribution in [2.75, 3.05) is 19.0 Å². The van der Waals surface area contributed by atoms with Crippen LogP contribution in [0.5, 0.6) is 5.75 Å². The van der Waals surface area contributed by atoms with E-state index >= 15 is 0 Å². The fourth-order valence-electron chi connectivity index (χ4n) is 3.09. The number of nitrogens with zero attached hydrogens (tertiary/aromatic N) is 6. The normalized spacial score (nSPS) is 11.6. The molecule has 0 aliphatic carbocycles. The quantitative estimate of drug-likeness (QED) is 0.253. The zero-order valence-corrected chi connectivity index (χ0v) is 18.5. The summed E-state index contributed by atoms with van der Waals surface area (Å²) >= 11 is 1.27. The molecule has 3 aromatic carbocycles. The molecular weight excluding hydrogens is 424 g/mol. The van der Waals surface area contributed by atoms with Crippen LogP contribution in [-0.4, -0.2) is 29.4 Å². The first kappa shape index (κ1) is 21.3. The van der Waals surface area contributed by atoms with E-state index in [0.29, 0.717) is 27.6 Å². The first-order valence-electron chi connectivity index (χ1n) is 9.76. The first-order chi connectivity index (χ1) is 15.4. The molecule has 0 spiro atoms. The van der Waals surface area contributed by atoms with Gasteiger partial charge in [0.05, 0.1) is 16.9 Å². The second-order valence-corrected chi connectivity index (χ2v) is 7.95. The molecule has 4 aromatic rings. The maximum absolute atomic E-state index is 11.8. The van der Waals surface area contributed by atoms with Crippen LogP contribution >= 0.6 is 11.5 Å². The summed E-state index contributed by atoms with van der Waals surface area (Å²) in [6, 6.07) is 17.8. The Hall–Kier alpha value is -3.98. The third-order valence-electron chi connectivity index (χ3n) is 4.72. The van der Waals surface area contributed by atoms with Crippen LogP contribution in [-0.2, 0) is 0 Å². The Labute approximate surface area is 188 Å². The van der Waals surface area contributed by atoms with Gasteiger partial charge >= 0.3 is 0 Å². The topological polar surface area (TPSA) is 103 Å². The van der Waals surface area contributed by atoms with Crippen LogP contribution in [0.25, 0.3) is 10.9 Å². The largest absolute Gasteiger partial charge is 0.506 e. The molecular formula is C23H20N6O2S. The maximum Gasteiger partial charge on any atom is 0.166 e. The van der Waals surface area contributed by atoms with Crippen LogP contribution in [0.3, 0.4) is 0 Å². The molecule has 0 amide bonds. The number of Topliss-reactive ketones (excluding diaryl/α,β-unsaturated/α-hetero) is 1. The molecule has 9 heteroatoms. The average Bonchev–Trinajstić information content (AvgIpc) is 3.20. The Morgan fingerprint density at radius 3 is 2.38 bits per heavy atom. The lowest BCUT2D eigenvalue weighted by atomic mass is 10.1. The van der Waals surface area contributed by atoms with Crippen LogP contribution in [0.4, 0.5) is 27.8 Å². The molecule has 1 N–H and O–H groups in total. The molecule has 1 heterocycles. The highest BCUT2D eigenvalue weighted by molar-refractivity contribution is 7.11. The summed E-state index contributed by atoms with van der Waals surface area (Å²) in [4.78, 5) is 13.6. The number of phenolic OH excluding ortho intramolecular Hbond substituents is 1. The van der Waals surface area contributed by atoms with Gasteiger partial charge in [-0.1, -0.05) is 24.3 Å². The number of aromatic hydroxyl groups is 1. The van der Waals surface area contributed by atoms with Crippen molar-refractivity contribution in [1.82, 2.24) is 4.37 Å². The standard InChI is InChI=1S/C23H20N6O2S/c1-14(30)15-8-4-6-10-17(15)24-26-20-12-19(21(29(2)3)13-22(20)31)25-27-23-16-9-5-7-11-18(16)28-32-23/h4-13,31H,1-3H3. The molecule has 0 aliphatic rings. The van der Waals surface area contributed by atoms with Crippen LogP contribution < -0.4 is 4.90 Å². The van der Waals surface area contributed by atoms with Crippen LogP contribution in [0.15, 0.2) is 81.1 Å². The smallest absolute Gasteiger partial charge is 0.166 e. The number of azo groups is 2. The van der Waals surface area contributed by atoms with Gasteiger partial charge in [0.1, 0.15) is 17.1 Å². The van der Waals surface area contributed by atoms with Gasteiger partial charge in [-0.2, -0.15) is 4.37 Å². The van der Waals surface area contributed by atoms with E-state index in [4.69, 9.17) is 0 Å². The number of phenols is 1. The zero-order valence-electron chi connectivity index (χ0n) is 17.7. The Morgan fingerprint density at radius 1 is 0.906 bits per heavy atom. The van der Waals surface area contributed by atoms with Crippen molar-refractivity contribution < 1.29 is 9.90 Å². The Bertz CT molecular complexity index is 1360. The number of rotatable bonds is 6. The van der Waals surface area contributed by atoms with E-state index in [-0.39, 0.29) is 17.2 Å². The van der Waals surface area contributed by atoms with E-state index in [1.807, 2.05) is 43.3 Å². The summed E-state index contributed by atoms with van der Waals surface area (Å²) in [5, 5.41) is 29.2. The van der Waals surface area contributed by atoms with Crippen molar-refractivity contribution in [2.24, 2.45) is 20.5 Å². The lowest BCUT2D eigenvalue weighted by Gasteiger charge is -2.15. The second-order valence-electron chi connectivity index (χ2n) is 7.20. The number of ketones is 1. The van der Waals surface area contributed by atoms with Gasteiger partial charge in [0.25, 0.3) is 0 Å². The summed E-state index contributed by atoms with van der Waals surface area (Å²) in [5.74, 6) is -0.169. The molecule has 0 saturated heterocycles. The van der Waals surface area contributed by atoms with Crippen molar-refractivity contribution in [1.29, 1.82) is 0 Å². The van der Waals surface area contributed by atoms with E-state index in [0.717, 1.165) is 10.9 Å². The first-order valence-corrected chi connectivity index (χ1v) is 10.5. The number of aromatic nitrogens is 1. The zero-order chi connectivity index (χ0) is 22.7. The predicted octanol–water partition coefficient (Wildman–Crippen LogP) is 7.10. The summed E-state index contributed by atoms with van der Waals surface area (Å²) in [7, 11) is 3.69. The number of hydrogen-bond acceptors (Lipinski definition) is 9.